The van der Waals surface area contributed by atoms with E-state index in [-0.39, 0.29) is 41.4 Å². The highest BCUT2D eigenvalue weighted by Gasteiger charge is 2.67. The summed E-state index contributed by atoms with van der Waals surface area (Å²) < 4.78 is 5.26. The van der Waals surface area contributed by atoms with Gasteiger partial charge in [-0.2, -0.15) is 0 Å². The first-order chi connectivity index (χ1) is 15.1. The number of fused-ring (bicyclic) bond motifs is 5. The second-order valence-corrected chi connectivity index (χ2v) is 11.1. The average molecular weight is 443 g/mol. The Hall–Kier alpha value is -1.75. The van der Waals surface area contributed by atoms with Gasteiger partial charge in [-0.15, -0.1) is 0 Å². The Kier molecular flexibility index (Phi) is 6.02. The molecule has 176 valence electrons. The van der Waals surface area contributed by atoms with Crippen LogP contribution in [-0.2, 0) is 19.1 Å². The smallest absolute Gasteiger partial charge is 0.306 e. The Morgan fingerprint density at radius 1 is 1.25 bits per heavy atom. The molecule has 0 heterocycles. The van der Waals surface area contributed by atoms with Crippen molar-refractivity contribution in [2.24, 2.45) is 28.6 Å². The number of Topliss-reactive ketones (excluding diaryl/α,β-unsaturated/α-hetero) is 1. The molecule has 2 unspecified atom stereocenters. The van der Waals surface area contributed by atoms with Gasteiger partial charge in [0.1, 0.15) is 5.60 Å². The lowest BCUT2D eigenvalue weighted by molar-refractivity contribution is -0.168. The number of ketones is 2. The summed E-state index contributed by atoms with van der Waals surface area (Å²) in [7, 11) is 0. The molecule has 5 nitrogen and oxygen atoms in total. The first-order valence-electron chi connectivity index (χ1n) is 12.4. The predicted molar refractivity (Wildman–Crippen MR) is 122 cm³/mol. The third-order valence-electron chi connectivity index (χ3n) is 9.44. The lowest BCUT2D eigenvalue weighted by Crippen LogP contribution is -2.57. The van der Waals surface area contributed by atoms with E-state index in [1.165, 1.54) is 11.1 Å². The van der Waals surface area contributed by atoms with Crippen LogP contribution in [0.2, 0.25) is 0 Å². The molecule has 4 aliphatic carbocycles. The van der Waals surface area contributed by atoms with Crippen LogP contribution < -0.4 is 0 Å². The van der Waals surface area contributed by atoms with Gasteiger partial charge in [0.25, 0.3) is 0 Å². The van der Waals surface area contributed by atoms with Gasteiger partial charge in [0.05, 0.1) is 0 Å². The number of carbonyl (C=O) groups excluding carboxylic acids is 3. The molecule has 6 atom stereocenters. The zero-order valence-corrected chi connectivity index (χ0v) is 20.0. The first kappa shape index (κ1) is 23.4. The Bertz CT molecular complexity index is 884. The summed E-state index contributed by atoms with van der Waals surface area (Å²) in [5.74, 6) is -0.153. The molecule has 2 fully saturated rings. The molecule has 0 aliphatic heterocycles. The molecule has 0 bridgehead atoms. The van der Waals surface area contributed by atoms with Gasteiger partial charge in [-0.05, 0) is 62.4 Å². The molecule has 2 saturated carbocycles. The van der Waals surface area contributed by atoms with E-state index in [4.69, 9.17) is 4.74 Å². The van der Waals surface area contributed by atoms with Crippen LogP contribution in [0.25, 0.3) is 0 Å². The van der Waals surface area contributed by atoms with Gasteiger partial charge in [0, 0.05) is 23.7 Å². The van der Waals surface area contributed by atoms with Crippen molar-refractivity contribution in [1.82, 2.24) is 0 Å². The largest absolute Gasteiger partial charge is 0.458 e. The molecule has 1 N–H and O–H groups in total. The van der Waals surface area contributed by atoms with Crippen molar-refractivity contribution in [3.05, 3.63) is 23.3 Å². The normalized spacial score (nSPS) is 40.5. The third-order valence-corrected chi connectivity index (χ3v) is 9.44. The van der Waals surface area contributed by atoms with Crippen LogP contribution in [-0.4, -0.2) is 34.9 Å². The van der Waals surface area contributed by atoms with Crippen LogP contribution in [0.5, 0.6) is 0 Å². The fraction of sp³-hybridized carbons (Fsp3) is 0.741. The number of hydrogen-bond donors (Lipinski definition) is 1. The predicted octanol–water partition coefficient (Wildman–Crippen LogP) is 4.72. The number of unbranched alkanes of at least 4 members (excludes halogenated alkanes) is 1. The Balaban J connectivity index is 1.59. The summed E-state index contributed by atoms with van der Waals surface area (Å²) >= 11 is 0. The van der Waals surface area contributed by atoms with E-state index in [1.807, 2.05) is 19.9 Å². The van der Waals surface area contributed by atoms with Crippen molar-refractivity contribution in [1.29, 1.82) is 0 Å². The number of ether oxygens (including phenoxy) is 1. The minimum atomic E-state index is -1.50. The highest BCUT2D eigenvalue weighted by molar-refractivity contribution is 5.92. The highest BCUT2D eigenvalue weighted by Crippen LogP contribution is 2.66. The average Bonchev–Trinajstić information content (AvgIpc) is 2.98. The lowest BCUT2D eigenvalue weighted by atomic mass is 9.50. The third kappa shape index (κ3) is 3.34. The van der Waals surface area contributed by atoms with Crippen LogP contribution in [0, 0.1) is 28.6 Å². The minimum Gasteiger partial charge on any atom is -0.458 e. The van der Waals surface area contributed by atoms with E-state index in [9.17, 15) is 19.5 Å². The highest BCUT2D eigenvalue weighted by atomic mass is 16.5. The number of esters is 1. The molecule has 0 amide bonds. The van der Waals surface area contributed by atoms with E-state index >= 15 is 0 Å². The molecular formula is C27H38O5. The number of carbonyl (C=O) groups is 3. The van der Waals surface area contributed by atoms with Gasteiger partial charge >= 0.3 is 5.97 Å². The quantitative estimate of drug-likeness (QED) is 0.476. The number of aliphatic hydroxyl groups is 1. The first-order valence-corrected chi connectivity index (χ1v) is 12.4. The fourth-order valence-corrected chi connectivity index (χ4v) is 7.44. The molecule has 0 spiro atoms. The SMILES string of the molecule is CCCCC(=O)OCC(=O)[C@@]1(O)[C@H](C)CC2C3CCC4=CC(=O)CC[C@]4(C)C3=CC[C@@]21C. The monoisotopic (exact) mass is 442 g/mol. The Morgan fingerprint density at radius 3 is 2.72 bits per heavy atom. The van der Waals surface area contributed by atoms with Gasteiger partial charge in [0.2, 0.25) is 5.78 Å². The standard InChI is InChI=1S/C27H38O5/c1-5-6-7-24(30)32-16-23(29)27(31)17(2)14-22-20-9-8-18-15-19(28)10-12-25(18,3)21(20)11-13-26(22,27)4/h11,15,17,20,22,31H,5-10,12-14,16H2,1-4H3/t17-,20?,22?,25+,26+,27+/m1/s1. The summed E-state index contributed by atoms with van der Waals surface area (Å²) in [5.41, 5.74) is 0.539. The fourth-order valence-electron chi connectivity index (χ4n) is 7.44. The van der Waals surface area contributed by atoms with E-state index < -0.39 is 11.0 Å². The molecule has 4 rings (SSSR count). The maximum Gasteiger partial charge on any atom is 0.306 e. The van der Waals surface area contributed by atoms with Crippen LogP contribution in [0.3, 0.4) is 0 Å². The summed E-state index contributed by atoms with van der Waals surface area (Å²) in [6.07, 6.45) is 10.8. The van der Waals surface area contributed by atoms with Crippen molar-refractivity contribution in [2.75, 3.05) is 6.61 Å². The zero-order chi connectivity index (χ0) is 23.3. The molecule has 0 aromatic rings. The van der Waals surface area contributed by atoms with Crippen molar-refractivity contribution in [3.63, 3.8) is 0 Å². The molecule has 0 aromatic carbocycles. The van der Waals surface area contributed by atoms with Gasteiger partial charge in [-0.3, -0.25) is 14.4 Å². The summed E-state index contributed by atoms with van der Waals surface area (Å²) in [6, 6.07) is 0. The second-order valence-electron chi connectivity index (χ2n) is 11.1. The van der Waals surface area contributed by atoms with Crippen molar-refractivity contribution in [2.45, 2.75) is 91.1 Å². The van der Waals surface area contributed by atoms with Crippen LogP contribution in [0.4, 0.5) is 0 Å². The van der Waals surface area contributed by atoms with Gasteiger partial charge < -0.3 is 9.84 Å². The molecule has 4 aliphatic rings. The Labute approximate surface area is 191 Å². The summed E-state index contributed by atoms with van der Waals surface area (Å²) in [5, 5.41) is 11.9. The lowest BCUT2D eigenvalue weighted by Gasteiger charge is -2.54. The topological polar surface area (TPSA) is 80.7 Å². The Morgan fingerprint density at radius 2 is 2.00 bits per heavy atom. The van der Waals surface area contributed by atoms with E-state index in [0.717, 1.165) is 38.5 Å². The molecule has 0 aromatic heterocycles. The van der Waals surface area contributed by atoms with Crippen molar-refractivity contribution < 1.29 is 24.2 Å². The van der Waals surface area contributed by atoms with E-state index in [0.29, 0.717) is 25.2 Å². The molecule has 0 radical (unpaired) electrons. The van der Waals surface area contributed by atoms with Crippen LogP contribution in [0.1, 0.15) is 85.5 Å². The molecule has 5 heteroatoms. The van der Waals surface area contributed by atoms with E-state index in [1.54, 1.807) is 0 Å². The minimum absolute atomic E-state index is 0.0685. The maximum absolute atomic E-state index is 13.3. The maximum atomic E-state index is 13.3. The number of rotatable bonds is 6. The van der Waals surface area contributed by atoms with Gasteiger partial charge in [-0.25, -0.2) is 0 Å². The number of hydrogen-bond acceptors (Lipinski definition) is 5. The molecule has 0 saturated heterocycles. The zero-order valence-electron chi connectivity index (χ0n) is 20.0. The van der Waals surface area contributed by atoms with Gasteiger partial charge in [-0.1, -0.05) is 51.3 Å². The summed E-state index contributed by atoms with van der Waals surface area (Å²) in [6.45, 7) is 7.96. The van der Waals surface area contributed by atoms with Crippen LogP contribution in [0.15, 0.2) is 23.3 Å². The van der Waals surface area contributed by atoms with E-state index in [2.05, 4.69) is 19.9 Å². The van der Waals surface area contributed by atoms with Crippen molar-refractivity contribution in [3.8, 4) is 0 Å². The van der Waals surface area contributed by atoms with Gasteiger partial charge in [0.15, 0.2) is 12.4 Å². The van der Waals surface area contributed by atoms with Crippen LogP contribution >= 0.6 is 0 Å². The molecule has 32 heavy (non-hydrogen) atoms. The summed E-state index contributed by atoms with van der Waals surface area (Å²) in [4.78, 5) is 37.3. The number of allylic oxidation sites excluding steroid dienone is 4. The second kappa shape index (κ2) is 8.23. The van der Waals surface area contributed by atoms with Crippen molar-refractivity contribution >= 4 is 17.5 Å². The molecular weight excluding hydrogens is 404 g/mol.